The Morgan fingerprint density at radius 3 is 2.44 bits per heavy atom. The topological polar surface area (TPSA) is 64.6 Å². The van der Waals surface area contributed by atoms with Crippen LogP contribution in [0.3, 0.4) is 0 Å². The average molecular weight is 452 g/mol. The Hall–Kier alpha value is -3.12. The monoisotopic (exact) mass is 451 g/mol. The molecule has 3 aromatic rings. The average Bonchev–Trinajstić information content (AvgIpc) is 3.21. The fourth-order valence-corrected chi connectivity index (χ4v) is 4.28. The van der Waals surface area contributed by atoms with E-state index in [1.54, 1.807) is 0 Å². The van der Waals surface area contributed by atoms with Crippen molar-refractivity contribution in [2.45, 2.75) is 40.0 Å². The van der Waals surface area contributed by atoms with Gasteiger partial charge in [-0.25, -0.2) is 4.79 Å². The van der Waals surface area contributed by atoms with Gasteiger partial charge >= 0.3 is 5.97 Å². The Morgan fingerprint density at radius 1 is 1.03 bits per heavy atom. The lowest BCUT2D eigenvalue weighted by molar-refractivity contribution is -0.116. The van der Waals surface area contributed by atoms with Gasteiger partial charge in [0, 0.05) is 17.4 Å². The summed E-state index contributed by atoms with van der Waals surface area (Å²) in [6.07, 6.45) is 1.86. The number of methoxy groups -OCH3 is 1. The van der Waals surface area contributed by atoms with Gasteiger partial charge in [0.1, 0.15) is 16.3 Å². The van der Waals surface area contributed by atoms with Crippen molar-refractivity contribution in [3.05, 3.63) is 70.1 Å². The number of anilines is 1. The highest BCUT2D eigenvalue weighted by Gasteiger charge is 2.22. The van der Waals surface area contributed by atoms with E-state index in [4.69, 9.17) is 9.47 Å². The van der Waals surface area contributed by atoms with Crippen molar-refractivity contribution >= 4 is 28.2 Å². The second-order valence-corrected chi connectivity index (χ2v) is 8.52. The Bertz CT molecular complexity index is 1090. The molecule has 1 aromatic heterocycles. The van der Waals surface area contributed by atoms with Crippen molar-refractivity contribution in [1.82, 2.24) is 0 Å². The lowest BCUT2D eigenvalue weighted by atomic mass is 9.99. The second kappa shape index (κ2) is 11.0. The summed E-state index contributed by atoms with van der Waals surface area (Å²) in [5.41, 5.74) is 5.66. The van der Waals surface area contributed by atoms with E-state index in [0.29, 0.717) is 30.0 Å². The molecule has 0 saturated heterocycles. The first kappa shape index (κ1) is 23.5. The molecule has 2 aromatic carbocycles. The molecule has 0 aliphatic carbocycles. The molecule has 0 saturated carbocycles. The number of nitrogens with one attached hydrogen (secondary N) is 1. The smallest absolute Gasteiger partial charge is 0.341 e. The van der Waals surface area contributed by atoms with Crippen LogP contribution < -0.4 is 10.1 Å². The van der Waals surface area contributed by atoms with Crippen molar-refractivity contribution in [2.24, 2.45) is 0 Å². The van der Waals surface area contributed by atoms with Gasteiger partial charge in [-0.05, 0) is 61.1 Å². The van der Waals surface area contributed by atoms with Crippen LogP contribution in [0.2, 0.25) is 0 Å². The Morgan fingerprint density at radius 2 is 1.78 bits per heavy atom. The Balaban J connectivity index is 1.63. The molecule has 32 heavy (non-hydrogen) atoms. The van der Waals surface area contributed by atoms with Crippen molar-refractivity contribution in [2.75, 3.05) is 19.0 Å². The summed E-state index contributed by atoms with van der Waals surface area (Å²) in [6, 6.07) is 14.0. The summed E-state index contributed by atoms with van der Waals surface area (Å²) >= 11 is 1.33. The van der Waals surface area contributed by atoms with Crippen molar-refractivity contribution in [3.8, 4) is 16.9 Å². The van der Waals surface area contributed by atoms with E-state index in [1.165, 1.54) is 29.6 Å². The summed E-state index contributed by atoms with van der Waals surface area (Å²) in [6.45, 7) is 6.63. The summed E-state index contributed by atoms with van der Waals surface area (Å²) in [4.78, 5) is 25.0. The fraction of sp³-hybridized carbons (Fsp3) is 0.308. The molecule has 0 radical (unpaired) electrons. The molecule has 0 spiro atoms. The van der Waals surface area contributed by atoms with Crippen molar-refractivity contribution in [1.29, 1.82) is 0 Å². The van der Waals surface area contributed by atoms with Crippen LogP contribution in [0, 0.1) is 13.8 Å². The van der Waals surface area contributed by atoms with Crippen LogP contribution in [0.1, 0.15) is 46.8 Å². The normalized spacial score (nSPS) is 10.6. The van der Waals surface area contributed by atoms with Gasteiger partial charge in [-0.15, -0.1) is 11.3 Å². The van der Waals surface area contributed by atoms with Gasteiger partial charge in [0.25, 0.3) is 0 Å². The van der Waals surface area contributed by atoms with E-state index in [2.05, 4.69) is 12.2 Å². The van der Waals surface area contributed by atoms with E-state index < -0.39 is 5.97 Å². The molecule has 6 heteroatoms. The molecule has 0 bridgehead atoms. The first-order chi connectivity index (χ1) is 15.4. The third-order valence-corrected chi connectivity index (χ3v) is 6.30. The van der Waals surface area contributed by atoms with Gasteiger partial charge in [-0.2, -0.15) is 0 Å². The summed E-state index contributed by atoms with van der Waals surface area (Å²) in [5, 5.41) is 5.27. The summed E-state index contributed by atoms with van der Waals surface area (Å²) in [5.74, 6) is 0.175. The van der Waals surface area contributed by atoms with Crippen molar-refractivity contribution in [3.63, 3.8) is 0 Å². The van der Waals surface area contributed by atoms with Crippen LogP contribution in [-0.4, -0.2) is 25.6 Å². The van der Waals surface area contributed by atoms with Gasteiger partial charge in [-0.3, -0.25) is 4.79 Å². The number of thiophene rings is 1. The zero-order valence-corrected chi connectivity index (χ0v) is 19.8. The number of hydrogen-bond acceptors (Lipinski definition) is 5. The Labute approximate surface area is 193 Å². The standard InChI is InChI=1S/C26H29NO4S/c1-5-19-9-12-21(13-10-19)31-14-6-7-23(28)27-25-24(26(29)30-4)22(16-32-25)20-11-8-17(2)18(3)15-20/h8-13,15-16H,5-7,14H2,1-4H3,(H,27,28). The minimum absolute atomic E-state index is 0.159. The second-order valence-electron chi connectivity index (χ2n) is 7.64. The maximum absolute atomic E-state index is 12.5. The predicted molar refractivity (Wildman–Crippen MR) is 130 cm³/mol. The molecule has 0 unspecified atom stereocenters. The minimum atomic E-state index is -0.464. The molecule has 1 heterocycles. The van der Waals surface area contributed by atoms with Gasteiger partial charge in [0.15, 0.2) is 0 Å². The third-order valence-electron chi connectivity index (χ3n) is 5.40. The number of carbonyl (C=O) groups is 2. The molecule has 3 rings (SSSR count). The maximum atomic E-state index is 12.5. The maximum Gasteiger partial charge on any atom is 0.341 e. The number of aryl methyl sites for hydroxylation is 3. The van der Waals surface area contributed by atoms with E-state index >= 15 is 0 Å². The highest BCUT2D eigenvalue weighted by Crippen LogP contribution is 2.37. The van der Waals surface area contributed by atoms with Gasteiger partial charge < -0.3 is 14.8 Å². The number of benzene rings is 2. The molecular formula is C26H29NO4S. The van der Waals surface area contributed by atoms with Gasteiger partial charge in [0.2, 0.25) is 5.91 Å². The number of carbonyl (C=O) groups excluding carboxylic acids is 2. The molecular weight excluding hydrogens is 422 g/mol. The lowest BCUT2D eigenvalue weighted by Gasteiger charge is -2.10. The zero-order chi connectivity index (χ0) is 23.1. The molecule has 1 N–H and O–H groups in total. The van der Waals surface area contributed by atoms with E-state index in [1.807, 2.05) is 61.7 Å². The highest BCUT2D eigenvalue weighted by molar-refractivity contribution is 7.15. The first-order valence-corrected chi connectivity index (χ1v) is 11.6. The summed E-state index contributed by atoms with van der Waals surface area (Å²) in [7, 11) is 1.35. The molecule has 0 aliphatic heterocycles. The zero-order valence-electron chi connectivity index (χ0n) is 19.0. The number of hydrogen-bond donors (Lipinski definition) is 1. The van der Waals surface area contributed by atoms with Crippen LogP contribution in [0.4, 0.5) is 5.00 Å². The summed E-state index contributed by atoms with van der Waals surface area (Å²) < 4.78 is 10.7. The molecule has 5 nitrogen and oxygen atoms in total. The van der Waals surface area contributed by atoms with Gasteiger partial charge in [0.05, 0.1) is 13.7 Å². The number of ether oxygens (including phenoxy) is 2. The van der Waals surface area contributed by atoms with Crippen LogP contribution in [-0.2, 0) is 16.0 Å². The van der Waals surface area contributed by atoms with Crippen molar-refractivity contribution < 1.29 is 19.1 Å². The molecule has 0 aliphatic rings. The molecule has 0 fully saturated rings. The lowest BCUT2D eigenvalue weighted by Crippen LogP contribution is -2.15. The van der Waals surface area contributed by atoms with E-state index in [0.717, 1.165) is 28.9 Å². The van der Waals surface area contributed by atoms with Crippen LogP contribution in [0.15, 0.2) is 47.8 Å². The van der Waals surface area contributed by atoms with Gasteiger partial charge in [-0.1, -0.05) is 37.3 Å². The number of esters is 1. The minimum Gasteiger partial charge on any atom is -0.494 e. The first-order valence-electron chi connectivity index (χ1n) is 10.7. The van der Waals surface area contributed by atoms with Crippen LogP contribution in [0.25, 0.3) is 11.1 Å². The highest BCUT2D eigenvalue weighted by atomic mass is 32.1. The molecule has 168 valence electrons. The van der Waals surface area contributed by atoms with Crippen LogP contribution >= 0.6 is 11.3 Å². The quantitative estimate of drug-likeness (QED) is 0.312. The molecule has 1 amide bonds. The van der Waals surface area contributed by atoms with E-state index in [-0.39, 0.29) is 5.91 Å². The predicted octanol–water partition coefficient (Wildman–Crippen LogP) is 6.18. The number of amides is 1. The SMILES string of the molecule is CCc1ccc(OCCCC(=O)Nc2scc(-c3ccc(C)c(C)c3)c2C(=O)OC)cc1. The fourth-order valence-electron chi connectivity index (χ4n) is 3.31. The van der Waals surface area contributed by atoms with E-state index in [9.17, 15) is 9.59 Å². The number of rotatable bonds is 9. The van der Waals surface area contributed by atoms with Crippen LogP contribution in [0.5, 0.6) is 5.75 Å². The largest absolute Gasteiger partial charge is 0.494 e. The molecule has 0 atom stereocenters. The Kier molecular flexibility index (Phi) is 8.06. The third kappa shape index (κ3) is 5.77.